The van der Waals surface area contributed by atoms with Crippen LogP contribution in [0.2, 0.25) is 0 Å². The third-order valence-electron chi connectivity index (χ3n) is 4.72. The van der Waals surface area contributed by atoms with Gasteiger partial charge in [0.1, 0.15) is 22.4 Å². The summed E-state index contributed by atoms with van der Waals surface area (Å²) in [5, 5.41) is 2.77. The molecule has 0 bridgehead atoms. The number of hydrogen-bond acceptors (Lipinski definition) is 6. The molecule has 0 spiro atoms. The fourth-order valence-electron chi connectivity index (χ4n) is 3.26. The van der Waals surface area contributed by atoms with Crippen molar-refractivity contribution in [2.24, 2.45) is 4.99 Å². The van der Waals surface area contributed by atoms with E-state index in [2.05, 4.69) is 5.32 Å². The first-order valence-corrected chi connectivity index (χ1v) is 11.2. The molecule has 1 aliphatic rings. The van der Waals surface area contributed by atoms with Crippen LogP contribution >= 0.6 is 11.8 Å². The zero-order valence-electron chi connectivity index (χ0n) is 17.6. The Morgan fingerprint density at radius 3 is 2.66 bits per heavy atom. The number of furan rings is 1. The van der Waals surface area contributed by atoms with E-state index in [0.717, 1.165) is 0 Å². The van der Waals surface area contributed by atoms with Gasteiger partial charge >= 0.3 is 0 Å². The molecular weight excluding hydrogens is 426 g/mol. The summed E-state index contributed by atoms with van der Waals surface area (Å²) in [5.74, 6) is 0.871. The van der Waals surface area contributed by atoms with Gasteiger partial charge in [0.05, 0.1) is 19.4 Å². The lowest BCUT2D eigenvalue weighted by molar-refractivity contribution is -0.128. The largest absolute Gasteiger partial charge is 0.492 e. The highest BCUT2D eigenvalue weighted by molar-refractivity contribution is 8.15. The van der Waals surface area contributed by atoms with E-state index in [1.54, 1.807) is 23.3 Å². The van der Waals surface area contributed by atoms with Gasteiger partial charge in [-0.25, -0.2) is 4.99 Å². The molecule has 0 radical (unpaired) electrons. The molecule has 8 heteroatoms. The summed E-state index contributed by atoms with van der Waals surface area (Å²) < 4.78 is 11.1. The molecule has 2 aromatic carbocycles. The number of amides is 2. The number of anilines is 1. The number of amidine groups is 1. The van der Waals surface area contributed by atoms with Gasteiger partial charge in [-0.05, 0) is 43.3 Å². The van der Waals surface area contributed by atoms with Crippen molar-refractivity contribution in [2.75, 3.05) is 11.9 Å². The van der Waals surface area contributed by atoms with Crippen molar-refractivity contribution in [3.8, 4) is 5.75 Å². The van der Waals surface area contributed by atoms with Crippen molar-refractivity contribution in [3.63, 3.8) is 0 Å². The standard InChI is InChI=1S/C24H23N3O4S/c1-2-30-20-13-7-6-12-19(20)26-24-27(16-18-11-8-14-31-18)23(29)21(32-24)15-22(28)25-17-9-4-3-5-10-17/h3-14,21H,2,15-16H2,1H3,(H,25,28). The Labute approximate surface area is 190 Å². The van der Waals surface area contributed by atoms with Crippen molar-refractivity contribution < 1.29 is 18.7 Å². The molecule has 7 nitrogen and oxygen atoms in total. The van der Waals surface area contributed by atoms with Gasteiger partial charge in [-0.1, -0.05) is 42.1 Å². The van der Waals surface area contributed by atoms with Gasteiger partial charge in [0, 0.05) is 12.1 Å². The highest BCUT2D eigenvalue weighted by Crippen LogP contribution is 2.35. The van der Waals surface area contributed by atoms with Crippen molar-refractivity contribution in [1.82, 2.24) is 4.90 Å². The average molecular weight is 450 g/mol. The van der Waals surface area contributed by atoms with Crippen molar-refractivity contribution >= 4 is 40.1 Å². The van der Waals surface area contributed by atoms with Crippen LogP contribution in [0.15, 0.2) is 82.4 Å². The van der Waals surface area contributed by atoms with Crippen LogP contribution in [0.4, 0.5) is 11.4 Å². The molecule has 164 valence electrons. The first-order chi connectivity index (χ1) is 15.6. The van der Waals surface area contributed by atoms with Gasteiger partial charge in [0.25, 0.3) is 0 Å². The van der Waals surface area contributed by atoms with E-state index in [4.69, 9.17) is 14.1 Å². The highest BCUT2D eigenvalue weighted by atomic mass is 32.2. The number of thioether (sulfide) groups is 1. The van der Waals surface area contributed by atoms with Crippen LogP contribution in [0.5, 0.6) is 5.75 Å². The first kappa shape index (κ1) is 21.7. The Balaban J connectivity index is 1.56. The summed E-state index contributed by atoms with van der Waals surface area (Å²) in [6.07, 6.45) is 1.61. The molecule has 0 aliphatic carbocycles. The number of carbonyl (C=O) groups excluding carboxylic acids is 2. The summed E-state index contributed by atoms with van der Waals surface area (Å²) in [4.78, 5) is 32.0. The topological polar surface area (TPSA) is 84.1 Å². The fraction of sp³-hybridized carbons (Fsp3) is 0.208. The second-order valence-corrected chi connectivity index (χ2v) is 8.19. The van der Waals surface area contributed by atoms with E-state index in [-0.39, 0.29) is 24.8 Å². The number of carbonyl (C=O) groups is 2. The molecule has 2 amide bonds. The van der Waals surface area contributed by atoms with E-state index in [1.807, 2.05) is 61.5 Å². The van der Waals surface area contributed by atoms with Crippen molar-refractivity contribution in [2.45, 2.75) is 25.1 Å². The lowest BCUT2D eigenvalue weighted by Gasteiger charge is -2.15. The predicted molar refractivity (Wildman–Crippen MR) is 125 cm³/mol. The van der Waals surface area contributed by atoms with E-state index < -0.39 is 5.25 Å². The average Bonchev–Trinajstić information content (AvgIpc) is 3.40. The lowest BCUT2D eigenvalue weighted by atomic mass is 10.2. The molecule has 32 heavy (non-hydrogen) atoms. The minimum atomic E-state index is -0.577. The minimum Gasteiger partial charge on any atom is -0.492 e. The zero-order valence-corrected chi connectivity index (χ0v) is 18.4. The van der Waals surface area contributed by atoms with Gasteiger partial charge < -0.3 is 14.5 Å². The van der Waals surface area contributed by atoms with Gasteiger partial charge in [0.2, 0.25) is 11.8 Å². The number of para-hydroxylation sites is 3. The van der Waals surface area contributed by atoms with Crippen molar-refractivity contribution in [1.29, 1.82) is 0 Å². The Bertz CT molecular complexity index is 1100. The molecule has 1 aliphatic heterocycles. The van der Waals surface area contributed by atoms with Gasteiger partial charge in [-0.2, -0.15) is 0 Å². The number of ether oxygens (including phenoxy) is 1. The van der Waals surface area contributed by atoms with E-state index in [0.29, 0.717) is 34.7 Å². The van der Waals surface area contributed by atoms with Crippen LogP contribution < -0.4 is 10.1 Å². The Morgan fingerprint density at radius 2 is 1.91 bits per heavy atom. The SMILES string of the molecule is CCOc1ccccc1N=C1SC(CC(=O)Nc2ccccc2)C(=O)N1Cc1ccco1. The minimum absolute atomic E-state index is 0.0408. The number of hydrogen-bond donors (Lipinski definition) is 1. The number of aliphatic imine (C=N–C) groups is 1. The summed E-state index contributed by atoms with van der Waals surface area (Å²) in [6.45, 7) is 2.65. The second-order valence-electron chi connectivity index (χ2n) is 7.02. The molecule has 0 saturated carbocycles. The third-order valence-corrected chi connectivity index (χ3v) is 5.90. The summed E-state index contributed by atoms with van der Waals surface area (Å²) in [7, 11) is 0. The number of benzene rings is 2. The number of rotatable bonds is 8. The Hall–Kier alpha value is -3.52. The lowest BCUT2D eigenvalue weighted by Crippen LogP contribution is -2.33. The third kappa shape index (κ3) is 5.20. The van der Waals surface area contributed by atoms with Crippen LogP contribution in [-0.4, -0.2) is 33.7 Å². The predicted octanol–water partition coefficient (Wildman–Crippen LogP) is 4.84. The van der Waals surface area contributed by atoms with Crippen LogP contribution in [-0.2, 0) is 16.1 Å². The van der Waals surface area contributed by atoms with Gasteiger partial charge in [-0.3, -0.25) is 14.5 Å². The molecule has 1 N–H and O–H groups in total. The van der Waals surface area contributed by atoms with Gasteiger partial charge in [-0.15, -0.1) is 0 Å². The molecule has 3 aromatic rings. The summed E-state index contributed by atoms with van der Waals surface area (Å²) >= 11 is 1.28. The fourth-order valence-corrected chi connectivity index (χ4v) is 4.41. The molecular formula is C24H23N3O4S. The zero-order chi connectivity index (χ0) is 22.3. The summed E-state index contributed by atoms with van der Waals surface area (Å²) in [6, 6.07) is 20.2. The van der Waals surface area contributed by atoms with Gasteiger partial charge in [0.15, 0.2) is 5.17 Å². The number of nitrogens with zero attached hydrogens (tertiary/aromatic N) is 2. The molecule has 2 heterocycles. The summed E-state index contributed by atoms with van der Waals surface area (Å²) in [5.41, 5.74) is 1.32. The Kier molecular flexibility index (Phi) is 6.91. The van der Waals surface area contributed by atoms with E-state index in [1.165, 1.54) is 11.8 Å². The quantitative estimate of drug-likeness (QED) is 0.532. The number of nitrogens with one attached hydrogen (secondary N) is 1. The Morgan fingerprint density at radius 1 is 1.12 bits per heavy atom. The second kappa shape index (κ2) is 10.2. The first-order valence-electron chi connectivity index (χ1n) is 10.3. The highest BCUT2D eigenvalue weighted by Gasteiger charge is 2.39. The van der Waals surface area contributed by atoms with E-state index in [9.17, 15) is 9.59 Å². The monoisotopic (exact) mass is 449 g/mol. The molecule has 1 unspecified atom stereocenters. The molecule has 1 atom stereocenters. The van der Waals surface area contributed by atoms with Crippen LogP contribution in [0, 0.1) is 0 Å². The van der Waals surface area contributed by atoms with Crippen LogP contribution in [0.1, 0.15) is 19.1 Å². The maximum Gasteiger partial charge on any atom is 0.243 e. The van der Waals surface area contributed by atoms with Crippen LogP contribution in [0.25, 0.3) is 0 Å². The van der Waals surface area contributed by atoms with E-state index >= 15 is 0 Å². The molecule has 1 fully saturated rings. The smallest absolute Gasteiger partial charge is 0.243 e. The normalized spacial score (nSPS) is 17.0. The maximum absolute atomic E-state index is 13.2. The molecule has 1 aromatic heterocycles. The van der Waals surface area contributed by atoms with Crippen LogP contribution in [0.3, 0.4) is 0 Å². The molecule has 4 rings (SSSR count). The maximum atomic E-state index is 13.2. The molecule has 1 saturated heterocycles. The van der Waals surface area contributed by atoms with Crippen molar-refractivity contribution in [3.05, 3.63) is 78.8 Å².